The van der Waals surface area contributed by atoms with E-state index in [0.717, 1.165) is 23.0 Å². The molecule has 1 saturated heterocycles. The summed E-state index contributed by atoms with van der Waals surface area (Å²) in [6.07, 6.45) is 8.71. The van der Waals surface area contributed by atoms with E-state index in [2.05, 4.69) is 50.4 Å². The van der Waals surface area contributed by atoms with Crippen molar-refractivity contribution in [2.75, 3.05) is 25.0 Å². The zero-order valence-corrected chi connectivity index (χ0v) is 13.7. The summed E-state index contributed by atoms with van der Waals surface area (Å²) in [5.41, 5.74) is 1.23. The van der Waals surface area contributed by atoms with E-state index in [9.17, 15) is 0 Å². The lowest BCUT2D eigenvalue weighted by Crippen LogP contribution is -2.37. The average Bonchev–Trinajstić information content (AvgIpc) is 3.11. The summed E-state index contributed by atoms with van der Waals surface area (Å²) >= 11 is 3.48. The third kappa shape index (κ3) is 3.56. The fourth-order valence-corrected chi connectivity index (χ4v) is 4.18. The SMILES string of the molecule is Brc1ccc(NCCN2CCCC2C2CCCC2)cc1. The monoisotopic (exact) mass is 336 g/mol. The average molecular weight is 337 g/mol. The van der Waals surface area contributed by atoms with Crippen LogP contribution in [0.15, 0.2) is 28.7 Å². The van der Waals surface area contributed by atoms with Gasteiger partial charge < -0.3 is 5.32 Å². The Bertz CT molecular complexity index is 412. The highest BCUT2D eigenvalue weighted by Crippen LogP contribution is 2.35. The van der Waals surface area contributed by atoms with Crippen molar-refractivity contribution in [2.24, 2.45) is 5.92 Å². The molecule has 0 bridgehead atoms. The molecule has 2 nitrogen and oxygen atoms in total. The summed E-state index contributed by atoms with van der Waals surface area (Å²) in [4.78, 5) is 2.74. The van der Waals surface area contributed by atoms with Crippen LogP contribution in [-0.2, 0) is 0 Å². The number of hydrogen-bond donors (Lipinski definition) is 1. The molecule has 110 valence electrons. The van der Waals surface area contributed by atoms with E-state index in [-0.39, 0.29) is 0 Å². The molecule has 2 aliphatic rings. The second-order valence-corrected chi connectivity index (χ2v) is 7.14. The summed E-state index contributed by atoms with van der Waals surface area (Å²) in [7, 11) is 0. The molecule has 1 aromatic carbocycles. The smallest absolute Gasteiger partial charge is 0.0341 e. The fourth-order valence-electron chi connectivity index (χ4n) is 3.92. The summed E-state index contributed by atoms with van der Waals surface area (Å²) in [5, 5.41) is 3.55. The van der Waals surface area contributed by atoms with Crippen molar-refractivity contribution in [1.82, 2.24) is 4.90 Å². The molecule has 3 rings (SSSR count). The number of nitrogens with one attached hydrogen (secondary N) is 1. The van der Waals surface area contributed by atoms with Gasteiger partial charge >= 0.3 is 0 Å². The molecule has 2 fully saturated rings. The first-order valence-corrected chi connectivity index (χ1v) is 8.86. The minimum Gasteiger partial charge on any atom is -0.384 e. The predicted octanol–water partition coefficient (Wildman–Crippen LogP) is 4.52. The molecule has 1 saturated carbocycles. The molecule has 1 heterocycles. The maximum absolute atomic E-state index is 3.55. The van der Waals surface area contributed by atoms with Crippen molar-refractivity contribution in [2.45, 2.75) is 44.6 Å². The number of nitrogens with zero attached hydrogens (tertiary/aromatic N) is 1. The van der Waals surface area contributed by atoms with Crippen LogP contribution in [0.3, 0.4) is 0 Å². The molecule has 1 atom stereocenters. The van der Waals surface area contributed by atoms with Gasteiger partial charge in [0, 0.05) is 29.3 Å². The van der Waals surface area contributed by atoms with E-state index in [0.29, 0.717) is 0 Å². The zero-order valence-electron chi connectivity index (χ0n) is 12.2. The minimum atomic E-state index is 0.879. The van der Waals surface area contributed by atoms with Crippen molar-refractivity contribution in [3.8, 4) is 0 Å². The number of likely N-dealkylation sites (tertiary alicyclic amines) is 1. The summed E-state index contributed by atoms with van der Waals surface area (Å²) in [6, 6.07) is 9.36. The van der Waals surface area contributed by atoms with Crippen LogP contribution in [0.2, 0.25) is 0 Å². The van der Waals surface area contributed by atoms with Crippen LogP contribution in [0.4, 0.5) is 5.69 Å². The van der Waals surface area contributed by atoms with Gasteiger partial charge in [-0.25, -0.2) is 0 Å². The van der Waals surface area contributed by atoms with Crippen molar-refractivity contribution < 1.29 is 0 Å². The Morgan fingerprint density at radius 1 is 1.05 bits per heavy atom. The highest BCUT2D eigenvalue weighted by Gasteiger charge is 2.32. The van der Waals surface area contributed by atoms with Gasteiger partial charge in [-0.15, -0.1) is 0 Å². The fraction of sp³-hybridized carbons (Fsp3) is 0.647. The molecule has 3 heteroatoms. The first kappa shape index (κ1) is 14.4. The van der Waals surface area contributed by atoms with Crippen LogP contribution >= 0.6 is 15.9 Å². The maximum atomic E-state index is 3.55. The minimum absolute atomic E-state index is 0.879. The summed E-state index contributed by atoms with van der Waals surface area (Å²) in [6.45, 7) is 3.56. The third-order valence-corrected chi connectivity index (χ3v) is 5.46. The highest BCUT2D eigenvalue weighted by atomic mass is 79.9. The van der Waals surface area contributed by atoms with Crippen LogP contribution in [0, 0.1) is 5.92 Å². The van der Waals surface area contributed by atoms with Crippen molar-refractivity contribution in [3.05, 3.63) is 28.7 Å². The van der Waals surface area contributed by atoms with Gasteiger partial charge in [-0.05, 0) is 62.4 Å². The Balaban J connectivity index is 1.46. The van der Waals surface area contributed by atoms with Gasteiger partial charge in [0.2, 0.25) is 0 Å². The topological polar surface area (TPSA) is 15.3 Å². The molecule has 0 aromatic heterocycles. The van der Waals surface area contributed by atoms with E-state index < -0.39 is 0 Å². The molecule has 0 amide bonds. The third-order valence-electron chi connectivity index (χ3n) is 4.93. The summed E-state index contributed by atoms with van der Waals surface area (Å²) in [5.74, 6) is 0.991. The lowest BCUT2D eigenvalue weighted by atomic mass is 9.96. The number of anilines is 1. The van der Waals surface area contributed by atoms with Crippen LogP contribution in [-0.4, -0.2) is 30.6 Å². The second kappa shape index (κ2) is 6.95. The van der Waals surface area contributed by atoms with E-state index >= 15 is 0 Å². The largest absolute Gasteiger partial charge is 0.384 e. The van der Waals surface area contributed by atoms with Gasteiger partial charge in [0.15, 0.2) is 0 Å². The molecular weight excluding hydrogens is 312 g/mol. The number of hydrogen-bond acceptors (Lipinski definition) is 2. The lowest BCUT2D eigenvalue weighted by molar-refractivity contribution is 0.197. The van der Waals surface area contributed by atoms with Gasteiger partial charge in [0.1, 0.15) is 0 Å². The Morgan fingerprint density at radius 2 is 1.80 bits per heavy atom. The molecule has 0 spiro atoms. The molecular formula is C17H25BrN2. The lowest BCUT2D eigenvalue weighted by Gasteiger charge is -2.29. The Kier molecular flexibility index (Phi) is 5.00. The van der Waals surface area contributed by atoms with Crippen LogP contribution in [0.5, 0.6) is 0 Å². The molecule has 1 aliphatic carbocycles. The van der Waals surface area contributed by atoms with E-state index in [1.807, 2.05) is 0 Å². The Labute approximate surface area is 131 Å². The zero-order chi connectivity index (χ0) is 13.8. The molecule has 1 unspecified atom stereocenters. The molecule has 20 heavy (non-hydrogen) atoms. The molecule has 0 radical (unpaired) electrons. The quantitative estimate of drug-likeness (QED) is 0.850. The van der Waals surface area contributed by atoms with E-state index in [1.54, 1.807) is 0 Å². The Hall–Kier alpha value is -0.540. The summed E-state index contributed by atoms with van der Waals surface area (Å²) < 4.78 is 1.14. The van der Waals surface area contributed by atoms with Crippen LogP contribution in [0.25, 0.3) is 0 Å². The van der Waals surface area contributed by atoms with Crippen LogP contribution in [0.1, 0.15) is 38.5 Å². The molecule has 1 aromatic rings. The van der Waals surface area contributed by atoms with Crippen molar-refractivity contribution in [3.63, 3.8) is 0 Å². The van der Waals surface area contributed by atoms with E-state index in [4.69, 9.17) is 0 Å². The Morgan fingerprint density at radius 3 is 2.55 bits per heavy atom. The van der Waals surface area contributed by atoms with Gasteiger partial charge in [0.25, 0.3) is 0 Å². The number of benzene rings is 1. The number of rotatable bonds is 5. The van der Waals surface area contributed by atoms with E-state index in [1.165, 1.54) is 57.3 Å². The highest BCUT2D eigenvalue weighted by molar-refractivity contribution is 9.10. The van der Waals surface area contributed by atoms with Gasteiger partial charge in [0.05, 0.1) is 0 Å². The first-order valence-electron chi connectivity index (χ1n) is 8.06. The van der Waals surface area contributed by atoms with Crippen LogP contribution < -0.4 is 5.32 Å². The number of halogens is 1. The molecule has 1 aliphatic heterocycles. The molecule has 1 N–H and O–H groups in total. The normalized spacial score (nSPS) is 24.4. The maximum Gasteiger partial charge on any atom is 0.0341 e. The van der Waals surface area contributed by atoms with Crippen molar-refractivity contribution >= 4 is 21.6 Å². The standard InChI is InChI=1S/C17H25BrN2/c18-15-7-9-16(10-8-15)19-11-13-20-12-3-6-17(20)14-4-1-2-5-14/h7-10,14,17,19H,1-6,11-13H2. The first-order chi connectivity index (χ1) is 9.83. The predicted molar refractivity (Wildman–Crippen MR) is 89.2 cm³/mol. The van der Waals surface area contributed by atoms with Gasteiger partial charge in [-0.3, -0.25) is 4.90 Å². The van der Waals surface area contributed by atoms with Gasteiger partial charge in [-0.2, -0.15) is 0 Å². The van der Waals surface area contributed by atoms with Crippen molar-refractivity contribution in [1.29, 1.82) is 0 Å². The second-order valence-electron chi connectivity index (χ2n) is 6.22. The van der Waals surface area contributed by atoms with Gasteiger partial charge in [-0.1, -0.05) is 28.8 Å².